The van der Waals surface area contributed by atoms with E-state index in [1.165, 1.54) is 0 Å². The van der Waals surface area contributed by atoms with Gasteiger partial charge in [-0.2, -0.15) is 0 Å². The number of imidazole rings is 1. The third-order valence-corrected chi connectivity index (χ3v) is 4.74. The van der Waals surface area contributed by atoms with Crippen LogP contribution in [-0.2, 0) is 11.2 Å². The summed E-state index contributed by atoms with van der Waals surface area (Å²) in [6.45, 7) is 2.06. The van der Waals surface area contributed by atoms with E-state index in [2.05, 4.69) is 16.5 Å². The molecule has 4 rings (SSSR count). The largest absolute Gasteiger partial charge is 0.478 e. The maximum atomic E-state index is 11.6. The highest BCUT2D eigenvalue weighted by molar-refractivity contribution is 6.01. The highest BCUT2D eigenvalue weighted by atomic mass is 16.5. The van der Waals surface area contributed by atoms with E-state index < -0.39 is 5.97 Å². The summed E-state index contributed by atoms with van der Waals surface area (Å²) in [5, 5.41) is 9.49. The first-order valence-electron chi connectivity index (χ1n) is 7.57. The Hall–Kier alpha value is -1.88. The van der Waals surface area contributed by atoms with Gasteiger partial charge in [0.05, 0.1) is 34.8 Å². The Kier molecular flexibility index (Phi) is 2.79. The number of carboxylic acids is 1. The number of aromatic nitrogens is 2. The highest BCUT2D eigenvalue weighted by Gasteiger charge is 2.43. The summed E-state index contributed by atoms with van der Waals surface area (Å²) in [4.78, 5) is 16.2. The summed E-state index contributed by atoms with van der Waals surface area (Å²) < 4.78 is 8.10. The fourth-order valence-electron chi connectivity index (χ4n) is 3.86. The van der Waals surface area contributed by atoms with Gasteiger partial charge in [-0.1, -0.05) is 13.0 Å². The number of carboxylic acid groups (broad SMARTS) is 1. The van der Waals surface area contributed by atoms with Crippen LogP contribution in [0.1, 0.15) is 48.4 Å². The van der Waals surface area contributed by atoms with Crippen LogP contribution in [0.15, 0.2) is 18.2 Å². The van der Waals surface area contributed by atoms with Crippen molar-refractivity contribution in [3.05, 3.63) is 29.6 Å². The van der Waals surface area contributed by atoms with Crippen molar-refractivity contribution in [1.82, 2.24) is 9.55 Å². The van der Waals surface area contributed by atoms with Gasteiger partial charge in [-0.25, -0.2) is 9.78 Å². The van der Waals surface area contributed by atoms with Gasteiger partial charge >= 0.3 is 5.97 Å². The molecule has 21 heavy (non-hydrogen) atoms. The van der Waals surface area contributed by atoms with Gasteiger partial charge in [0, 0.05) is 6.42 Å². The topological polar surface area (TPSA) is 64.3 Å². The summed E-state index contributed by atoms with van der Waals surface area (Å²) in [6, 6.07) is 5.55. The van der Waals surface area contributed by atoms with Crippen LogP contribution in [0.4, 0.5) is 0 Å². The normalized spacial score (nSPS) is 27.6. The third kappa shape index (κ3) is 1.80. The Bertz CT molecular complexity index is 722. The molecule has 0 aliphatic carbocycles. The first kappa shape index (κ1) is 12.8. The van der Waals surface area contributed by atoms with Crippen LogP contribution in [0.3, 0.4) is 0 Å². The molecule has 1 aromatic carbocycles. The second-order valence-corrected chi connectivity index (χ2v) is 5.91. The fraction of sp³-hybridized carbons (Fsp3) is 0.500. The standard InChI is InChI=1S/C16H18N2O3/c1-2-14-17-11-5-3-4-10(16(19)20)15(11)18(14)12-8-9-6-7-13(12)21-9/h3-5,9,12-13H,2,6-8H2,1H3,(H,19,20). The predicted molar refractivity (Wildman–Crippen MR) is 77.6 cm³/mol. The minimum absolute atomic E-state index is 0.208. The molecule has 3 heterocycles. The Labute approximate surface area is 122 Å². The van der Waals surface area contributed by atoms with E-state index in [4.69, 9.17) is 4.74 Å². The number of benzene rings is 1. The molecule has 2 fully saturated rings. The van der Waals surface area contributed by atoms with Crippen molar-refractivity contribution in [2.75, 3.05) is 0 Å². The molecular weight excluding hydrogens is 268 g/mol. The molecule has 2 saturated heterocycles. The number of hydrogen-bond donors (Lipinski definition) is 1. The molecule has 0 saturated carbocycles. The van der Waals surface area contributed by atoms with Crippen LogP contribution in [0.25, 0.3) is 11.0 Å². The molecule has 5 heteroatoms. The van der Waals surface area contributed by atoms with Crippen LogP contribution in [0, 0.1) is 0 Å². The molecule has 1 aromatic heterocycles. The molecule has 2 aliphatic heterocycles. The molecule has 0 radical (unpaired) electrons. The molecule has 3 atom stereocenters. The number of para-hydroxylation sites is 1. The molecule has 3 unspecified atom stereocenters. The zero-order valence-corrected chi connectivity index (χ0v) is 12.0. The third-order valence-electron chi connectivity index (χ3n) is 4.74. The summed E-state index contributed by atoms with van der Waals surface area (Å²) in [5.41, 5.74) is 1.86. The molecular formula is C16H18N2O3. The van der Waals surface area contributed by atoms with E-state index in [-0.39, 0.29) is 12.1 Å². The second kappa shape index (κ2) is 4.56. The summed E-state index contributed by atoms with van der Waals surface area (Å²) in [6.07, 6.45) is 4.49. The Morgan fingerprint density at radius 3 is 2.95 bits per heavy atom. The molecule has 0 spiro atoms. The van der Waals surface area contributed by atoms with Crippen LogP contribution in [0.5, 0.6) is 0 Å². The Morgan fingerprint density at radius 2 is 2.33 bits per heavy atom. The molecule has 0 amide bonds. The lowest BCUT2D eigenvalue weighted by Crippen LogP contribution is -2.23. The van der Waals surface area contributed by atoms with E-state index in [0.717, 1.165) is 42.5 Å². The summed E-state index contributed by atoms with van der Waals surface area (Å²) in [7, 11) is 0. The number of nitrogens with zero attached hydrogens (tertiary/aromatic N) is 2. The van der Waals surface area contributed by atoms with Gasteiger partial charge in [0.25, 0.3) is 0 Å². The first-order chi connectivity index (χ1) is 10.2. The van der Waals surface area contributed by atoms with Gasteiger partial charge in [-0.15, -0.1) is 0 Å². The summed E-state index contributed by atoms with van der Waals surface area (Å²) >= 11 is 0. The van der Waals surface area contributed by atoms with Crippen molar-refractivity contribution >= 4 is 17.0 Å². The maximum Gasteiger partial charge on any atom is 0.337 e. The number of carbonyl (C=O) groups is 1. The van der Waals surface area contributed by atoms with Crippen LogP contribution < -0.4 is 0 Å². The second-order valence-electron chi connectivity index (χ2n) is 5.91. The fourth-order valence-corrected chi connectivity index (χ4v) is 3.86. The Balaban J connectivity index is 1.95. The first-order valence-corrected chi connectivity index (χ1v) is 7.57. The van der Waals surface area contributed by atoms with Crippen molar-refractivity contribution in [3.8, 4) is 0 Å². The quantitative estimate of drug-likeness (QED) is 0.942. The van der Waals surface area contributed by atoms with Crippen LogP contribution in [-0.4, -0.2) is 32.8 Å². The lowest BCUT2D eigenvalue weighted by Gasteiger charge is -2.23. The predicted octanol–water partition coefficient (Wildman–Crippen LogP) is 2.79. The minimum Gasteiger partial charge on any atom is -0.478 e. The number of rotatable bonds is 3. The van der Waals surface area contributed by atoms with E-state index >= 15 is 0 Å². The van der Waals surface area contributed by atoms with E-state index in [0.29, 0.717) is 11.7 Å². The van der Waals surface area contributed by atoms with E-state index in [1.54, 1.807) is 12.1 Å². The molecule has 2 aliphatic rings. The van der Waals surface area contributed by atoms with Crippen molar-refractivity contribution in [1.29, 1.82) is 0 Å². The number of aryl methyl sites for hydroxylation is 1. The van der Waals surface area contributed by atoms with Crippen molar-refractivity contribution in [2.24, 2.45) is 0 Å². The average Bonchev–Trinajstić information content (AvgIpc) is 3.18. The average molecular weight is 286 g/mol. The molecule has 110 valence electrons. The lowest BCUT2D eigenvalue weighted by atomic mass is 9.94. The molecule has 2 aromatic rings. The number of ether oxygens (including phenoxy) is 1. The minimum atomic E-state index is -0.895. The van der Waals surface area contributed by atoms with Gasteiger partial charge in [-0.05, 0) is 31.4 Å². The number of hydrogen-bond acceptors (Lipinski definition) is 3. The van der Waals surface area contributed by atoms with Gasteiger partial charge in [0.2, 0.25) is 0 Å². The van der Waals surface area contributed by atoms with Crippen LogP contribution >= 0.6 is 0 Å². The summed E-state index contributed by atoms with van der Waals surface area (Å²) in [5.74, 6) is 0.0633. The van der Waals surface area contributed by atoms with Crippen molar-refractivity contribution in [3.63, 3.8) is 0 Å². The maximum absolute atomic E-state index is 11.6. The van der Waals surface area contributed by atoms with E-state index in [9.17, 15) is 9.90 Å². The zero-order valence-electron chi connectivity index (χ0n) is 12.0. The Morgan fingerprint density at radius 1 is 1.48 bits per heavy atom. The van der Waals surface area contributed by atoms with Gasteiger partial charge < -0.3 is 14.4 Å². The molecule has 1 N–H and O–H groups in total. The van der Waals surface area contributed by atoms with Crippen molar-refractivity contribution in [2.45, 2.75) is 50.9 Å². The lowest BCUT2D eigenvalue weighted by molar-refractivity contribution is 0.0697. The molecule has 5 nitrogen and oxygen atoms in total. The monoisotopic (exact) mass is 286 g/mol. The van der Waals surface area contributed by atoms with Gasteiger partial charge in [0.15, 0.2) is 0 Å². The number of fused-ring (bicyclic) bond motifs is 3. The van der Waals surface area contributed by atoms with Crippen LogP contribution in [0.2, 0.25) is 0 Å². The van der Waals surface area contributed by atoms with Gasteiger partial charge in [0.1, 0.15) is 5.82 Å². The smallest absolute Gasteiger partial charge is 0.337 e. The van der Waals surface area contributed by atoms with E-state index in [1.807, 2.05) is 6.07 Å². The SMILES string of the molecule is CCc1nc2cccc(C(=O)O)c2n1C1CC2CCC1O2. The number of aromatic carboxylic acids is 1. The highest BCUT2D eigenvalue weighted by Crippen LogP contribution is 2.43. The zero-order chi connectivity index (χ0) is 14.6. The van der Waals surface area contributed by atoms with Gasteiger partial charge in [-0.3, -0.25) is 0 Å². The molecule has 2 bridgehead atoms. The van der Waals surface area contributed by atoms with Crippen molar-refractivity contribution < 1.29 is 14.6 Å².